The fraction of sp³-hybridized carbons (Fsp3) is 0.900. The van der Waals surface area contributed by atoms with E-state index in [9.17, 15) is 13.2 Å². The SMILES string of the molecule is CC(CCNCCS(C)(=O)=O)CCC(=O)O. The van der Waals surface area contributed by atoms with Gasteiger partial charge in [0.05, 0.1) is 5.75 Å². The third-order valence-corrected chi connectivity index (χ3v) is 3.26. The number of carboxylic acid groups (broad SMARTS) is 1. The molecular formula is C10H21NO4S. The number of hydrogen-bond donors (Lipinski definition) is 2. The molecule has 96 valence electrons. The van der Waals surface area contributed by atoms with Gasteiger partial charge < -0.3 is 10.4 Å². The molecule has 0 aliphatic heterocycles. The number of carboxylic acids is 1. The molecule has 0 rings (SSSR count). The molecule has 0 heterocycles. The molecule has 0 spiro atoms. The first-order valence-electron chi connectivity index (χ1n) is 5.41. The van der Waals surface area contributed by atoms with Crippen molar-refractivity contribution in [1.29, 1.82) is 0 Å². The zero-order chi connectivity index (χ0) is 12.6. The second-order valence-corrected chi connectivity index (χ2v) is 6.47. The van der Waals surface area contributed by atoms with E-state index < -0.39 is 15.8 Å². The number of hydrogen-bond acceptors (Lipinski definition) is 4. The van der Waals surface area contributed by atoms with Crippen molar-refractivity contribution in [2.75, 3.05) is 25.1 Å². The van der Waals surface area contributed by atoms with Crippen molar-refractivity contribution in [3.8, 4) is 0 Å². The van der Waals surface area contributed by atoms with E-state index in [1.54, 1.807) is 0 Å². The summed E-state index contributed by atoms with van der Waals surface area (Å²) in [5.74, 6) is -0.269. The van der Waals surface area contributed by atoms with Crippen LogP contribution in [0.2, 0.25) is 0 Å². The summed E-state index contributed by atoms with van der Waals surface area (Å²) in [4.78, 5) is 10.3. The molecule has 0 saturated carbocycles. The van der Waals surface area contributed by atoms with E-state index >= 15 is 0 Å². The molecule has 0 aliphatic rings. The fourth-order valence-corrected chi connectivity index (χ4v) is 1.76. The maximum absolute atomic E-state index is 10.8. The zero-order valence-corrected chi connectivity index (χ0v) is 10.7. The Bertz CT molecular complexity index is 300. The van der Waals surface area contributed by atoms with Crippen molar-refractivity contribution in [2.24, 2.45) is 5.92 Å². The Morgan fingerprint density at radius 2 is 1.94 bits per heavy atom. The molecule has 2 N–H and O–H groups in total. The van der Waals surface area contributed by atoms with Crippen LogP contribution >= 0.6 is 0 Å². The van der Waals surface area contributed by atoms with E-state index in [0.717, 1.165) is 13.0 Å². The first-order chi connectivity index (χ1) is 7.31. The average Bonchev–Trinajstić information content (AvgIpc) is 2.12. The summed E-state index contributed by atoms with van der Waals surface area (Å²) >= 11 is 0. The number of rotatable bonds is 9. The smallest absolute Gasteiger partial charge is 0.303 e. The maximum Gasteiger partial charge on any atom is 0.303 e. The topological polar surface area (TPSA) is 83.5 Å². The first kappa shape index (κ1) is 15.4. The summed E-state index contributed by atoms with van der Waals surface area (Å²) in [6.07, 6.45) is 2.95. The summed E-state index contributed by atoms with van der Waals surface area (Å²) in [5.41, 5.74) is 0. The van der Waals surface area contributed by atoms with Gasteiger partial charge in [0.1, 0.15) is 9.84 Å². The van der Waals surface area contributed by atoms with Crippen LogP contribution in [0.3, 0.4) is 0 Å². The van der Waals surface area contributed by atoms with Crippen LogP contribution < -0.4 is 5.32 Å². The Labute approximate surface area is 97.2 Å². The maximum atomic E-state index is 10.8. The fourth-order valence-electron chi connectivity index (χ4n) is 1.25. The van der Waals surface area contributed by atoms with Crippen LogP contribution in [0.15, 0.2) is 0 Å². The first-order valence-corrected chi connectivity index (χ1v) is 7.47. The Kier molecular flexibility index (Phi) is 7.33. The van der Waals surface area contributed by atoms with Crippen molar-refractivity contribution in [3.05, 3.63) is 0 Å². The lowest BCUT2D eigenvalue weighted by Crippen LogP contribution is -2.24. The summed E-state index contributed by atoms with van der Waals surface area (Å²) in [6, 6.07) is 0. The number of carbonyl (C=O) groups is 1. The van der Waals surface area contributed by atoms with Gasteiger partial charge in [0.2, 0.25) is 0 Å². The molecule has 0 bridgehead atoms. The predicted molar refractivity (Wildman–Crippen MR) is 63.2 cm³/mol. The molecule has 0 aromatic carbocycles. The molecule has 0 fully saturated rings. The molecule has 1 atom stereocenters. The van der Waals surface area contributed by atoms with Gasteiger partial charge in [-0.3, -0.25) is 4.79 Å². The van der Waals surface area contributed by atoms with E-state index in [0.29, 0.717) is 18.9 Å². The van der Waals surface area contributed by atoms with Crippen LogP contribution in [0, 0.1) is 5.92 Å². The van der Waals surface area contributed by atoms with Crippen molar-refractivity contribution in [2.45, 2.75) is 26.2 Å². The van der Waals surface area contributed by atoms with E-state index in [-0.39, 0.29) is 12.2 Å². The molecule has 0 aromatic rings. The predicted octanol–water partition coefficient (Wildman–Crippen LogP) is 0.512. The van der Waals surface area contributed by atoms with Crippen molar-refractivity contribution < 1.29 is 18.3 Å². The summed E-state index contributed by atoms with van der Waals surface area (Å²) in [7, 11) is -2.89. The minimum absolute atomic E-state index is 0.149. The van der Waals surface area contributed by atoms with E-state index in [4.69, 9.17) is 5.11 Å². The zero-order valence-electron chi connectivity index (χ0n) is 9.90. The van der Waals surface area contributed by atoms with Crippen LogP contribution in [0.1, 0.15) is 26.2 Å². The highest BCUT2D eigenvalue weighted by Crippen LogP contribution is 2.08. The normalized spacial score (nSPS) is 13.6. The van der Waals surface area contributed by atoms with Crippen molar-refractivity contribution in [1.82, 2.24) is 5.32 Å². The van der Waals surface area contributed by atoms with Gasteiger partial charge in [-0.25, -0.2) is 8.42 Å². The standard InChI is InChI=1S/C10H21NO4S/c1-9(3-4-10(12)13)5-6-11-7-8-16(2,14)15/h9,11H,3-8H2,1-2H3,(H,12,13). The quantitative estimate of drug-likeness (QED) is 0.583. The second-order valence-electron chi connectivity index (χ2n) is 4.21. The average molecular weight is 251 g/mol. The second kappa shape index (κ2) is 7.62. The van der Waals surface area contributed by atoms with Gasteiger partial charge in [0.25, 0.3) is 0 Å². The molecule has 6 heteroatoms. The van der Waals surface area contributed by atoms with Gasteiger partial charge in [-0.2, -0.15) is 0 Å². The van der Waals surface area contributed by atoms with Crippen molar-refractivity contribution in [3.63, 3.8) is 0 Å². The van der Waals surface area contributed by atoms with Crippen LogP contribution in [-0.2, 0) is 14.6 Å². The minimum atomic E-state index is -2.89. The Balaban J connectivity index is 3.41. The summed E-state index contributed by atoms with van der Waals surface area (Å²) in [6.45, 7) is 3.20. The van der Waals surface area contributed by atoms with E-state index in [1.165, 1.54) is 6.26 Å². The lowest BCUT2D eigenvalue weighted by Gasteiger charge is -2.10. The monoisotopic (exact) mass is 251 g/mol. The highest BCUT2D eigenvalue weighted by Gasteiger charge is 2.05. The van der Waals surface area contributed by atoms with Gasteiger partial charge in [-0.15, -0.1) is 0 Å². The van der Waals surface area contributed by atoms with Crippen molar-refractivity contribution >= 4 is 15.8 Å². The van der Waals surface area contributed by atoms with Gasteiger partial charge in [0, 0.05) is 19.2 Å². The highest BCUT2D eigenvalue weighted by atomic mass is 32.2. The lowest BCUT2D eigenvalue weighted by atomic mass is 10.0. The van der Waals surface area contributed by atoms with E-state index in [1.807, 2.05) is 6.92 Å². The van der Waals surface area contributed by atoms with Gasteiger partial charge in [-0.05, 0) is 25.3 Å². The van der Waals surface area contributed by atoms with Gasteiger partial charge in [0.15, 0.2) is 0 Å². The minimum Gasteiger partial charge on any atom is -0.481 e. The van der Waals surface area contributed by atoms with Crippen LogP contribution in [0.5, 0.6) is 0 Å². The molecule has 0 saturated heterocycles. The highest BCUT2D eigenvalue weighted by molar-refractivity contribution is 7.90. The Hall–Kier alpha value is -0.620. The van der Waals surface area contributed by atoms with E-state index in [2.05, 4.69) is 5.32 Å². The third-order valence-electron chi connectivity index (χ3n) is 2.31. The summed E-state index contributed by atoms with van der Waals surface area (Å²) in [5, 5.41) is 11.5. The molecule has 16 heavy (non-hydrogen) atoms. The van der Waals surface area contributed by atoms with Crippen LogP contribution in [0.4, 0.5) is 0 Å². The van der Waals surface area contributed by atoms with Gasteiger partial charge in [-0.1, -0.05) is 6.92 Å². The third kappa shape index (κ3) is 11.5. The number of sulfone groups is 1. The van der Waals surface area contributed by atoms with Crippen LogP contribution in [0.25, 0.3) is 0 Å². The Morgan fingerprint density at radius 3 is 2.44 bits per heavy atom. The molecule has 0 radical (unpaired) electrons. The van der Waals surface area contributed by atoms with Crippen LogP contribution in [-0.4, -0.2) is 44.6 Å². The molecule has 1 unspecified atom stereocenters. The van der Waals surface area contributed by atoms with Gasteiger partial charge >= 0.3 is 5.97 Å². The largest absolute Gasteiger partial charge is 0.481 e. The molecule has 0 amide bonds. The molecule has 5 nitrogen and oxygen atoms in total. The molecule has 0 aromatic heterocycles. The number of aliphatic carboxylic acids is 1. The summed E-state index contributed by atoms with van der Waals surface area (Å²) < 4.78 is 21.6. The Morgan fingerprint density at radius 1 is 1.31 bits per heavy atom. The lowest BCUT2D eigenvalue weighted by molar-refractivity contribution is -0.137. The molecule has 0 aliphatic carbocycles. The number of nitrogens with one attached hydrogen (secondary N) is 1. The molecular weight excluding hydrogens is 230 g/mol.